The highest BCUT2D eigenvalue weighted by molar-refractivity contribution is 6.05. The maximum atomic E-state index is 12.4. The van der Waals surface area contributed by atoms with E-state index in [4.69, 9.17) is 0 Å². The van der Waals surface area contributed by atoms with E-state index < -0.39 is 0 Å². The van der Waals surface area contributed by atoms with E-state index in [9.17, 15) is 14.4 Å². The highest BCUT2D eigenvalue weighted by atomic mass is 16.2. The van der Waals surface area contributed by atoms with Gasteiger partial charge >= 0.3 is 6.03 Å². The first-order valence-electron chi connectivity index (χ1n) is 8.36. The largest absolute Gasteiger partial charge is 0.335 e. The number of urea groups is 1. The van der Waals surface area contributed by atoms with Crippen molar-refractivity contribution in [2.45, 2.75) is 25.8 Å². The fourth-order valence-corrected chi connectivity index (χ4v) is 2.40. The number of nitrogens with one attached hydrogen (secondary N) is 4. The van der Waals surface area contributed by atoms with E-state index in [-0.39, 0.29) is 23.9 Å². The minimum atomic E-state index is -0.309. The van der Waals surface area contributed by atoms with E-state index >= 15 is 0 Å². The molecule has 4 amide bonds. The van der Waals surface area contributed by atoms with Crippen LogP contribution in [-0.4, -0.2) is 23.9 Å². The average Bonchev–Trinajstić information content (AvgIpc) is 3.38. The molecular weight excluding hydrogens is 332 g/mol. The third-order valence-electron chi connectivity index (χ3n) is 3.74. The van der Waals surface area contributed by atoms with E-state index in [1.165, 1.54) is 6.92 Å². The Bertz CT molecular complexity index is 846. The highest BCUT2D eigenvalue weighted by Crippen LogP contribution is 2.20. The summed E-state index contributed by atoms with van der Waals surface area (Å²) in [4.78, 5) is 35.4. The zero-order valence-corrected chi connectivity index (χ0v) is 14.3. The van der Waals surface area contributed by atoms with Crippen LogP contribution in [0.4, 0.5) is 21.9 Å². The Balaban J connectivity index is 1.64. The summed E-state index contributed by atoms with van der Waals surface area (Å²) in [6.07, 6.45) is 2.01. The van der Waals surface area contributed by atoms with Gasteiger partial charge < -0.3 is 21.3 Å². The molecule has 0 atom stereocenters. The molecule has 7 heteroatoms. The molecule has 0 unspecified atom stereocenters. The number of amides is 4. The zero-order chi connectivity index (χ0) is 18.5. The molecule has 0 radical (unpaired) electrons. The SMILES string of the molecule is CC(=O)Nc1cccc(NC(=O)c2cccc(NC(=O)NC3CC3)c2)c1. The Kier molecular flexibility index (Phi) is 5.17. The van der Waals surface area contributed by atoms with E-state index in [1.54, 1.807) is 48.5 Å². The number of hydrogen-bond acceptors (Lipinski definition) is 3. The number of benzene rings is 2. The summed E-state index contributed by atoms with van der Waals surface area (Å²) in [6.45, 7) is 1.42. The quantitative estimate of drug-likeness (QED) is 0.665. The molecule has 2 aromatic rings. The highest BCUT2D eigenvalue weighted by Gasteiger charge is 2.23. The molecule has 1 aliphatic carbocycles. The van der Waals surface area contributed by atoms with Gasteiger partial charge in [-0.15, -0.1) is 0 Å². The molecule has 1 aliphatic rings. The Morgan fingerprint density at radius 3 is 2.12 bits per heavy atom. The standard InChI is InChI=1S/C19H20N4O3/c1-12(24)20-16-6-3-7-17(11-16)21-18(25)13-4-2-5-15(10-13)23-19(26)22-14-8-9-14/h2-7,10-11,14H,8-9H2,1H3,(H,20,24)(H,21,25)(H2,22,23,26). The van der Waals surface area contributed by atoms with Crippen LogP contribution in [0.1, 0.15) is 30.1 Å². The van der Waals surface area contributed by atoms with Gasteiger partial charge in [-0.1, -0.05) is 12.1 Å². The van der Waals surface area contributed by atoms with Gasteiger partial charge in [-0.25, -0.2) is 4.79 Å². The van der Waals surface area contributed by atoms with E-state index in [0.717, 1.165) is 12.8 Å². The summed E-state index contributed by atoms with van der Waals surface area (Å²) in [5.74, 6) is -0.493. The number of anilines is 3. The molecule has 0 aromatic heterocycles. The second kappa shape index (κ2) is 7.69. The van der Waals surface area contributed by atoms with Crippen LogP contribution < -0.4 is 21.3 Å². The molecule has 1 fully saturated rings. The van der Waals surface area contributed by atoms with Crippen molar-refractivity contribution in [1.82, 2.24) is 5.32 Å². The molecule has 134 valence electrons. The fourth-order valence-electron chi connectivity index (χ4n) is 2.40. The molecule has 0 spiro atoms. The summed E-state index contributed by atoms with van der Waals surface area (Å²) in [6, 6.07) is 13.6. The van der Waals surface area contributed by atoms with E-state index in [0.29, 0.717) is 22.6 Å². The number of carbonyl (C=O) groups excluding carboxylic acids is 3. The predicted molar refractivity (Wildman–Crippen MR) is 100 cm³/mol. The van der Waals surface area contributed by atoms with Crippen molar-refractivity contribution in [3.05, 3.63) is 54.1 Å². The smallest absolute Gasteiger partial charge is 0.319 e. The lowest BCUT2D eigenvalue weighted by Crippen LogP contribution is -2.30. The van der Waals surface area contributed by atoms with E-state index in [2.05, 4.69) is 21.3 Å². The van der Waals surface area contributed by atoms with Crippen LogP contribution in [-0.2, 0) is 4.79 Å². The molecule has 26 heavy (non-hydrogen) atoms. The van der Waals surface area contributed by atoms with Crippen LogP contribution in [0.2, 0.25) is 0 Å². The van der Waals surface area contributed by atoms with Crippen molar-refractivity contribution in [1.29, 1.82) is 0 Å². The van der Waals surface area contributed by atoms with Gasteiger partial charge in [-0.05, 0) is 49.2 Å². The molecular formula is C19H20N4O3. The third kappa shape index (κ3) is 5.07. The Morgan fingerprint density at radius 2 is 1.46 bits per heavy atom. The summed E-state index contributed by atoms with van der Waals surface area (Å²) >= 11 is 0. The number of hydrogen-bond donors (Lipinski definition) is 4. The topological polar surface area (TPSA) is 99.3 Å². The Hall–Kier alpha value is -3.35. The second-order valence-corrected chi connectivity index (χ2v) is 6.17. The second-order valence-electron chi connectivity index (χ2n) is 6.17. The van der Waals surface area contributed by atoms with Gasteiger partial charge in [0, 0.05) is 35.6 Å². The van der Waals surface area contributed by atoms with Gasteiger partial charge in [-0.3, -0.25) is 9.59 Å². The molecule has 0 saturated heterocycles. The Morgan fingerprint density at radius 1 is 0.846 bits per heavy atom. The van der Waals surface area contributed by atoms with Crippen molar-refractivity contribution in [3.63, 3.8) is 0 Å². The van der Waals surface area contributed by atoms with Crippen molar-refractivity contribution in [2.24, 2.45) is 0 Å². The van der Waals surface area contributed by atoms with Crippen LogP contribution in [0.15, 0.2) is 48.5 Å². The molecule has 7 nitrogen and oxygen atoms in total. The van der Waals surface area contributed by atoms with Crippen LogP contribution >= 0.6 is 0 Å². The predicted octanol–water partition coefficient (Wildman–Crippen LogP) is 3.18. The van der Waals surface area contributed by atoms with Crippen LogP contribution in [0.3, 0.4) is 0 Å². The van der Waals surface area contributed by atoms with E-state index in [1.807, 2.05) is 0 Å². The van der Waals surface area contributed by atoms with Crippen molar-refractivity contribution < 1.29 is 14.4 Å². The maximum Gasteiger partial charge on any atom is 0.319 e. The van der Waals surface area contributed by atoms with Crippen molar-refractivity contribution in [3.8, 4) is 0 Å². The van der Waals surface area contributed by atoms with Crippen molar-refractivity contribution in [2.75, 3.05) is 16.0 Å². The van der Waals surface area contributed by atoms with Gasteiger partial charge in [-0.2, -0.15) is 0 Å². The lowest BCUT2D eigenvalue weighted by atomic mass is 10.1. The first-order valence-corrected chi connectivity index (χ1v) is 8.36. The van der Waals surface area contributed by atoms with Crippen LogP contribution in [0.5, 0.6) is 0 Å². The van der Waals surface area contributed by atoms with Gasteiger partial charge in [0.1, 0.15) is 0 Å². The lowest BCUT2D eigenvalue weighted by Gasteiger charge is -2.10. The molecule has 3 rings (SSSR count). The van der Waals surface area contributed by atoms with Gasteiger partial charge in [0.25, 0.3) is 5.91 Å². The summed E-state index contributed by atoms with van der Waals surface area (Å²) in [5.41, 5.74) is 2.12. The summed E-state index contributed by atoms with van der Waals surface area (Å²) in [7, 11) is 0. The minimum absolute atomic E-state index is 0.184. The molecule has 1 saturated carbocycles. The average molecular weight is 352 g/mol. The third-order valence-corrected chi connectivity index (χ3v) is 3.74. The first-order chi connectivity index (χ1) is 12.5. The molecule has 0 aliphatic heterocycles. The molecule has 0 heterocycles. The van der Waals surface area contributed by atoms with Crippen molar-refractivity contribution >= 4 is 34.9 Å². The van der Waals surface area contributed by atoms with Crippen LogP contribution in [0.25, 0.3) is 0 Å². The number of carbonyl (C=O) groups is 3. The first kappa shape index (κ1) is 17.5. The number of rotatable bonds is 5. The lowest BCUT2D eigenvalue weighted by molar-refractivity contribution is -0.114. The minimum Gasteiger partial charge on any atom is -0.335 e. The zero-order valence-electron chi connectivity index (χ0n) is 14.3. The van der Waals surface area contributed by atoms with Crippen LogP contribution in [0, 0.1) is 0 Å². The van der Waals surface area contributed by atoms with Gasteiger partial charge in [0.2, 0.25) is 5.91 Å². The summed E-state index contributed by atoms with van der Waals surface area (Å²) in [5, 5.41) is 11.0. The van der Waals surface area contributed by atoms with Gasteiger partial charge in [0.15, 0.2) is 0 Å². The summed E-state index contributed by atoms with van der Waals surface area (Å²) < 4.78 is 0. The molecule has 0 bridgehead atoms. The molecule has 2 aromatic carbocycles. The van der Waals surface area contributed by atoms with Gasteiger partial charge in [0.05, 0.1) is 0 Å². The fraction of sp³-hybridized carbons (Fsp3) is 0.211. The maximum absolute atomic E-state index is 12.4. The molecule has 4 N–H and O–H groups in total. The normalized spacial score (nSPS) is 12.8. The Labute approximate surface area is 151 Å². The monoisotopic (exact) mass is 352 g/mol.